The molecule has 1 rings (SSSR count). The van der Waals surface area contributed by atoms with Gasteiger partial charge >= 0.3 is 18.0 Å². The van der Waals surface area contributed by atoms with Crippen LogP contribution in [0.25, 0.3) is 0 Å². The first-order valence-electron chi connectivity index (χ1n) is 6.74. The normalized spacial score (nSPS) is 11.8. The monoisotopic (exact) mass is 309 g/mol. The third kappa shape index (κ3) is 5.08. The second-order valence-electron chi connectivity index (χ2n) is 5.09. The van der Waals surface area contributed by atoms with Gasteiger partial charge in [-0.1, -0.05) is 44.2 Å². The van der Waals surface area contributed by atoms with Gasteiger partial charge < -0.3 is 14.9 Å². The minimum absolute atomic E-state index is 0.0553. The number of benzene rings is 1. The standard InChI is InChI=1S/C15H19NO6/c1-10(2)13(14(19)20)16(8-12(17)18)15(21)22-9-11-6-4-3-5-7-11/h3-7,10,13H,8-9H2,1-2H3,(H,17,18)(H,19,20)/t13-/m0/s1. The first kappa shape index (κ1) is 17.5. The van der Waals surface area contributed by atoms with Crippen LogP contribution in [0.1, 0.15) is 19.4 Å². The summed E-state index contributed by atoms with van der Waals surface area (Å²) in [6.07, 6.45) is -0.965. The molecule has 0 saturated carbocycles. The summed E-state index contributed by atoms with van der Waals surface area (Å²) in [5.41, 5.74) is 0.725. The number of carboxylic acids is 2. The van der Waals surface area contributed by atoms with Crippen molar-refractivity contribution in [3.8, 4) is 0 Å². The molecule has 0 radical (unpaired) electrons. The molecule has 0 heterocycles. The van der Waals surface area contributed by atoms with E-state index in [1.807, 2.05) is 0 Å². The largest absolute Gasteiger partial charge is 0.480 e. The second-order valence-corrected chi connectivity index (χ2v) is 5.09. The molecule has 0 unspecified atom stereocenters. The Labute approximate surface area is 128 Å². The van der Waals surface area contributed by atoms with Crippen LogP contribution in [0.3, 0.4) is 0 Å². The molecule has 0 bridgehead atoms. The van der Waals surface area contributed by atoms with Crippen molar-refractivity contribution < 1.29 is 29.3 Å². The molecule has 0 saturated heterocycles. The third-order valence-corrected chi connectivity index (χ3v) is 2.97. The molecule has 1 aromatic carbocycles. The number of carboxylic acid groups (broad SMARTS) is 2. The number of carbonyl (C=O) groups is 3. The highest BCUT2D eigenvalue weighted by Gasteiger charge is 2.34. The average molecular weight is 309 g/mol. The Morgan fingerprint density at radius 2 is 1.73 bits per heavy atom. The van der Waals surface area contributed by atoms with E-state index in [9.17, 15) is 19.5 Å². The Kier molecular flexibility index (Phi) is 6.37. The van der Waals surface area contributed by atoms with Crippen LogP contribution in [-0.4, -0.2) is 45.7 Å². The molecule has 0 aliphatic rings. The molecule has 7 nitrogen and oxygen atoms in total. The van der Waals surface area contributed by atoms with Crippen LogP contribution in [0.15, 0.2) is 30.3 Å². The fraction of sp³-hybridized carbons (Fsp3) is 0.400. The van der Waals surface area contributed by atoms with Crippen molar-refractivity contribution in [2.75, 3.05) is 6.54 Å². The molecule has 0 aliphatic carbocycles. The quantitative estimate of drug-likeness (QED) is 0.796. The smallest absolute Gasteiger partial charge is 0.411 e. The van der Waals surface area contributed by atoms with Gasteiger partial charge in [0.05, 0.1) is 0 Å². The van der Waals surface area contributed by atoms with Crippen LogP contribution in [0.4, 0.5) is 4.79 Å². The van der Waals surface area contributed by atoms with Crippen molar-refractivity contribution in [3.63, 3.8) is 0 Å². The Bertz CT molecular complexity index is 528. The topological polar surface area (TPSA) is 104 Å². The predicted molar refractivity (Wildman–Crippen MR) is 77.2 cm³/mol. The molecule has 0 aromatic heterocycles. The van der Waals surface area contributed by atoms with Gasteiger partial charge in [-0.15, -0.1) is 0 Å². The zero-order chi connectivity index (χ0) is 16.7. The minimum atomic E-state index is -1.30. The number of carbonyl (C=O) groups excluding carboxylic acids is 1. The predicted octanol–water partition coefficient (Wildman–Crippen LogP) is 1.82. The number of aliphatic carboxylic acids is 2. The van der Waals surface area contributed by atoms with Crippen molar-refractivity contribution in [2.45, 2.75) is 26.5 Å². The van der Waals surface area contributed by atoms with E-state index in [0.717, 1.165) is 10.5 Å². The zero-order valence-corrected chi connectivity index (χ0v) is 12.4. The number of hydrogen-bond donors (Lipinski definition) is 2. The number of nitrogens with zero attached hydrogens (tertiary/aromatic N) is 1. The van der Waals surface area contributed by atoms with Gasteiger partial charge in [0.25, 0.3) is 0 Å². The Balaban J connectivity index is 2.83. The van der Waals surface area contributed by atoms with Crippen LogP contribution in [0.2, 0.25) is 0 Å². The number of hydrogen-bond acceptors (Lipinski definition) is 4. The number of rotatable bonds is 7. The van der Waals surface area contributed by atoms with Crippen LogP contribution < -0.4 is 0 Å². The van der Waals surface area contributed by atoms with Gasteiger partial charge in [-0.25, -0.2) is 9.59 Å². The van der Waals surface area contributed by atoms with Gasteiger partial charge in [-0.05, 0) is 11.5 Å². The second kappa shape index (κ2) is 8.02. The SMILES string of the molecule is CC(C)[C@@H](C(=O)O)N(CC(=O)O)C(=O)OCc1ccccc1. The summed E-state index contributed by atoms with van der Waals surface area (Å²) in [4.78, 5) is 35.0. The van der Waals surface area contributed by atoms with Gasteiger partial charge in [-0.2, -0.15) is 0 Å². The maximum atomic E-state index is 12.1. The molecule has 1 amide bonds. The lowest BCUT2D eigenvalue weighted by molar-refractivity contribution is -0.147. The maximum absolute atomic E-state index is 12.1. The summed E-state index contributed by atoms with van der Waals surface area (Å²) in [7, 11) is 0. The fourth-order valence-corrected chi connectivity index (χ4v) is 2.00. The van der Waals surface area contributed by atoms with Gasteiger partial charge in [0.15, 0.2) is 0 Å². The van der Waals surface area contributed by atoms with Crippen molar-refractivity contribution in [2.24, 2.45) is 5.92 Å². The molecule has 7 heteroatoms. The van der Waals surface area contributed by atoms with E-state index >= 15 is 0 Å². The number of ether oxygens (including phenoxy) is 1. The molecule has 1 atom stereocenters. The van der Waals surface area contributed by atoms with Crippen LogP contribution in [0, 0.1) is 5.92 Å². The summed E-state index contributed by atoms with van der Waals surface area (Å²) >= 11 is 0. The van der Waals surface area contributed by atoms with Crippen molar-refractivity contribution >= 4 is 18.0 Å². The van der Waals surface area contributed by atoms with E-state index in [1.54, 1.807) is 44.2 Å². The molecule has 0 aliphatic heterocycles. The van der Waals surface area contributed by atoms with Gasteiger partial charge in [0.2, 0.25) is 0 Å². The first-order chi connectivity index (χ1) is 10.3. The highest BCUT2D eigenvalue weighted by Crippen LogP contribution is 2.14. The van der Waals surface area contributed by atoms with E-state index in [4.69, 9.17) is 9.84 Å². The van der Waals surface area contributed by atoms with Crippen molar-refractivity contribution in [3.05, 3.63) is 35.9 Å². The lowest BCUT2D eigenvalue weighted by Gasteiger charge is -2.29. The van der Waals surface area contributed by atoms with Gasteiger partial charge in [0, 0.05) is 0 Å². The lowest BCUT2D eigenvalue weighted by atomic mass is 10.0. The first-order valence-corrected chi connectivity index (χ1v) is 6.74. The lowest BCUT2D eigenvalue weighted by Crippen LogP contribution is -2.50. The summed E-state index contributed by atoms with van der Waals surface area (Å²) in [5, 5.41) is 18.1. The van der Waals surface area contributed by atoms with Crippen LogP contribution in [-0.2, 0) is 20.9 Å². The van der Waals surface area contributed by atoms with Crippen molar-refractivity contribution in [1.82, 2.24) is 4.90 Å². The molecular formula is C15H19NO6. The maximum Gasteiger partial charge on any atom is 0.411 e. The molecule has 0 spiro atoms. The average Bonchev–Trinajstić information content (AvgIpc) is 2.44. The van der Waals surface area contributed by atoms with E-state index < -0.39 is 36.5 Å². The number of amides is 1. The van der Waals surface area contributed by atoms with E-state index in [1.165, 1.54) is 0 Å². The van der Waals surface area contributed by atoms with E-state index in [-0.39, 0.29) is 6.61 Å². The molecule has 0 fully saturated rings. The fourth-order valence-electron chi connectivity index (χ4n) is 2.00. The van der Waals surface area contributed by atoms with E-state index in [2.05, 4.69) is 0 Å². The zero-order valence-electron chi connectivity index (χ0n) is 12.4. The molecule has 22 heavy (non-hydrogen) atoms. The van der Waals surface area contributed by atoms with Crippen molar-refractivity contribution in [1.29, 1.82) is 0 Å². The minimum Gasteiger partial charge on any atom is -0.480 e. The van der Waals surface area contributed by atoms with Crippen LogP contribution in [0.5, 0.6) is 0 Å². The Morgan fingerprint density at radius 3 is 2.18 bits per heavy atom. The van der Waals surface area contributed by atoms with E-state index in [0.29, 0.717) is 0 Å². The Hall–Kier alpha value is -2.57. The molecule has 120 valence electrons. The summed E-state index contributed by atoms with van der Waals surface area (Å²) < 4.78 is 5.03. The van der Waals surface area contributed by atoms with Gasteiger partial charge in [0.1, 0.15) is 19.2 Å². The summed E-state index contributed by atoms with van der Waals surface area (Å²) in [6, 6.07) is 7.57. The summed E-state index contributed by atoms with van der Waals surface area (Å²) in [6.45, 7) is 2.40. The highest BCUT2D eigenvalue weighted by atomic mass is 16.6. The third-order valence-electron chi connectivity index (χ3n) is 2.97. The van der Waals surface area contributed by atoms with Crippen LogP contribution >= 0.6 is 0 Å². The Morgan fingerprint density at radius 1 is 1.14 bits per heavy atom. The summed E-state index contributed by atoms with van der Waals surface area (Å²) in [5.74, 6) is -3.03. The highest BCUT2D eigenvalue weighted by molar-refractivity contribution is 5.83. The molecule has 1 aromatic rings. The van der Waals surface area contributed by atoms with Gasteiger partial charge in [-0.3, -0.25) is 9.69 Å². The molecular weight excluding hydrogens is 290 g/mol. The molecule has 2 N–H and O–H groups in total.